The van der Waals surface area contributed by atoms with Crippen molar-refractivity contribution in [3.63, 3.8) is 0 Å². The second kappa shape index (κ2) is 2.78. The summed E-state index contributed by atoms with van der Waals surface area (Å²) in [4.78, 5) is 8.50. The SMILES string of the molecule is Nc1nc(-c2n[nH]c(C3CC3)n2)cs1. The molecule has 72 valence electrons. The van der Waals surface area contributed by atoms with Crippen LogP contribution in [0.3, 0.4) is 0 Å². The summed E-state index contributed by atoms with van der Waals surface area (Å²) in [6.07, 6.45) is 2.43. The van der Waals surface area contributed by atoms with Gasteiger partial charge in [-0.15, -0.1) is 11.3 Å². The highest BCUT2D eigenvalue weighted by atomic mass is 32.1. The Labute approximate surface area is 84.4 Å². The molecule has 2 heterocycles. The van der Waals surface area contributed by atoms with Crippen molar-refractivity contribution in [3.8, 4) is 11.5 Å². The molecule has 1 fully saturated rings. The van der Waals surface area contributed by atoms with E-state index in [2.05, 4.69) is 20.2 Å². The van der Waals surface area contributed by atoms with Gasteiger partial charge in [0.1, 0.15) is 11.5 Å². The smallest absolute Gasteiger partial charge is 0.200 e. The van der Waals surface area contributed by atoms with Crippen molar-refractivity contribution < 1.29 is 0 Å². The van der Waals surface area contributed by atoms with Gasteiger partial charge in [-0.1, -0.05) is 0 Å². The van der Waals surface area contributed by atoms with Gasteiger partial charge in [-0.25, -0.2) is 9.97 Å². The zero-order valence-electron chi connectivity index (χ0n) is 7.40. The molecule has 3 rings (SSSR count). The van der Waals surface area contributed by atoms with Crippen LogP contribution in [0, 0.1) is 0 Å². The lowest BCUT2D eigenvalue weighted by Gasteiger charge is -1.84. The van der Waals surface area contributed by atoms with E-state index < -0.39 is 0 Å². The maximum absolute atomic E-state index is 5.54. The maximum atomic E-state index is 5.54. The third kappa shape index (κ3) is 1.27. The normalized spacial score (nSPS) is 16.0. The number of aromatic nitrogens is 4. The number of anilines is 1. The number of thiazole rings is 1. The number of hydrogen-bond donors (Lipinski definition) is 2. The summed E-state index contributed by atoms with van der Waals surface area (Å²) < 4.78 is 0. The van der Waals surface area contributed by atoms with Crippen LogP contribution in [-0.4, -0.2) is 20.2 Å². The fourth-order valence-corrected chi connectivity index (χ4v) is 1.86. The molecule has 2 aromatic heterocycles. The van der Waals surface area contributed by atoms with Gasteiger partial charge in [0.2, 0.25) is 5.82 Å². The number of H-pyrrole nitrogens is 1. The first kappa shape index (κ1) is 7.93. The van der Waals surface area contributed by atoms with E-state index in [1.807, 2.05) is 5.38 Å². The molecule has 6 heteroatoms. The average molecular weight is 207 g/mol. The molecule has 3 N–H and O–H groups in total. The zero-order valence-corrected chi connectivity index (χ0v) is 8.21. The number of nitrogens with zero attached hydrogens (tertiary/aromatic N) is 3. The van der Waals surface area contributed by atoms with Gasteiger partial charge in [0, 0.05) is 11.3 Å². The van der Waals surface area contributed by atoms with Crippen LogP contribution in [0.15, 0.2) is 5.38 Å². The van der Waals surface area contributed by atoms with Crippen molar-refractivity contribution in [3.05, 3.63) is 11.2 Å². The molecule has 0 spiro atoms. The molecular formula is C8H9N5S. The Morgan fingerprint density at radius 3 is 2.93 bits per heavy atom. The molecule has 0 atom stereocenters. The highest BCUT2D eigenvalue weighted by molar-refractivity contribution is 7.13. The summed E-state index contributed by atoms with van der Waals surface area (Å²) in [7, 11) is 0. The molecule has 0 radical (unpaired) electrons. The second-order valence-corrected chi connectivity index (χ2v) is 4.28. The molecule has 0 saturated heterocycles. The van der Waals surface area contributed by atoms with Crippen LogP contribution < -0.4 is 5.73 Å². The molecule has 2 aromatic rings. The second-order valence-electron chi connectivity index (χ2n) is 3.39. The highest BCUT2D eigenvalue weighted by Crippen LogP contribution is 2.38. The minimum absolute atomic E-state index is 0.553. The van der Waals surface area contributed by atoms with E-state index in [0.29, 0.717) is 16.9 Å². The Morgan fingerprint density at radius 1 is 1.43 bits per heavy atom. The fraction of sp³-hybridized carbons (Fsp3) is 0.375. The van der Waals surface area contributed by atoms with E-state index in [0.717, 1.165) is 11.5 Å². The number of aromatic amines is 1. The van der Waals surface area contributed by atoms with Crippen molar-refractivity contribution in [1.82, 2.24) is 20.2 Å². The van der Waals surface area contributed by atoms with E-state index in [-0.39, 0.29) is 0 Å². The Bertz CT molecular complexity index is 456. The number of hydrogen-bond acceptors (Lipinski definition) is 5. The van der Waals surface area contributed by atoms with Gasteiger partial charge in [0.05, 0.1) is 0 Å². The number of nitrogen functional groups attached to an aromatic ring is 1. The Kier molecular flexibility index (Phi) is 1.57. The minimum atomic E-state index is 0.553. The van der Waals surface area contributed by atoms with Crippen LogP contribution in [-0.2, 0) is 0 Å². The first-order chi connectivity index (χ1) is 6.83. The number of nitrogens with two attached hydrogens (primary N) is 1. The maximum Gasteiger partial charge on any atom is 0.200 e. The highest BCUT2D eigenvalue weighted by Gasteiger charge is 2.27. The predicted molar refractivity (Wildman–Crippen MR) is 53.9 cm³/mol. The van der Waals surface area contributed by atoms with Crippen LogP contribution in [0.25, 0.3) is 11.5 Å². The molecule has 14 heavy (non-hydrogen) atoms. The Hall–Kier alpha value is -1.43. The van der Waals surface area contributed by atoms with Crippen LogP contribution in [0.5, 0.6) is 0 Å². The van der Waals surface area contributed by atoms with Gasteiger partial charge in [0.25, 0.3) is 0 Å². The van der Waals surface area contributed by atoms with Crippen LogP contribution in [0.1, 0.15) is 24.6 Å². The monoisotopic (exact) mass is 207 g/mol. The molecule has 5 nitrogen and oxygen atoms in total. The standard InChI is InChI=1S/C8H9N5S/c9-8-10-5(3-14-8)7-11-6(12-13-7)4-1-2-4/h3-4H,1-2H2,(H2,9,10)(H,11,12,13). The van der Waals surface area contributed by atoms with Crippen molar-refractivity contribution in [2.45, 2.75) is 18.8 Å². The quantitative estimate of drug-likeness (QED) is 0.779. The third-order valence-electron chi connectivity index (χ3n) is 2.22. The molecule has 1 aliphatic rings. The lowest BCUT2D eigenvalue weighted by molar-refractivity contribution is 0.935. The van der Waals surface area contributed by atoms with Crippen molar-refractivity contribution in [2.24, 2.45) is 0 Å². The third-order valence-corrected chi connectivity index (χ3v) is 2.89. The summed E-state index contributed by atoms with van der Waals surface area (Å²) in [6, 6.07) is 0. The lowest BCUT2D eigenvalue weighted by atomic mass is 10.4. The van der Waals surface area contributed by atoms with E-state index >= 15 is 0 Å². The van der Waals surface area contributed by atoms with Crippen molar-refractivity contribution in [1.29, 1.82) is 0 Å². The number of rotatable bonds is 2. The molecule has 0 aliphatic heterocycles. The van der Waals surface area contributed by atoms with Gasteiger partial charge in [-0.05, 0) is 12.8 Å². The van der Waals surface area contributed by atoms with E-state index in [9.17, 15) is 0 Å². The largest absolute Gasteiger partial charge is 0.375 e. The van der Waals surface area contributed by atoms with E-state index in [1.165, 1.54) is 24.2 Å². The molecule has 1 aliphatic carbocycles. The topological polar surface area (TPSA) is 80.5 Å². The van der Waals surface area contributed by atoms with Gasteiger partial charge in [-0.2, -0.15) is 5.10 Å². The Morgan fingerprint density at radius 2 is 2.29 bits per heavy atom. The molecule has 1 saturated carbocycles. The predicted octanol–water partition coefficient (Wildman–Crippen LogP) is 1.39. The molecule has 0 unspecified atom stereocenters. The summed E-state index contributed by atoms with van der Waals surface area (Å²) in [6.45, 7) is 0. The van der Waals surface area contributed by atoms with Gasteiger partial charge in [-0.3, -0.25) is 5.10 Å². The van der Waals surface area contributed by atoms with Crippen molar-refractivity contribution in [2.75, 3.05) is 5.73 Å². The van der Waals surface area contributed by atoms with Gasteiger partial charge in [0.15, 0.2) is 5.13 Å². The first-order valence-electron chi connectivity index (χ1n) is 4.46. The summed E-state index contributed by atoms with van der Waals surface area (Å²) in [5.74, 6) is 2.22. The molecule has 0 bridgehead atoms. The summed E-state index contributed by atoms with van der Waals surface area (Å²) in [5, 5.41) is 9.48. The first-order valence-corrected chi connectivity index (χ1v) is 5.34. The lowest BCUT2D eigenvalue weighted by Crippen LogP contribution is -1.85. The minimum Gasteiger partial charge on any atom is -0.375 e. The Balaban J connectivity index is 1.95. The molecule has 0 aromatic carbocycles. The van der Waals surface area contributed by atoms with Crippen molar-refractivity contribution >= 4 is 16.5 Å². The average Bonchev–Trinajstić information content (AvgIpc) is 2.76. The van der Waals surface area contributed by atoms with E-state index in [4.69, 9.17) is 5.73 Å². The van der Waals surface area contributed by atoms with E-state index in [1.54, 1.807) is 0 Å². The fourth-order valence-electron chi connectivity index (χ4n) is 1.32. The van der Waals surface area contributed by atoms with Crippen LogP contribution in [0.2, 0.25) is 0 Å². The number of nitrogens with one attached hydrogen (secondary N) is 1. The zero-order chi connectivity index (χ0) is 9.54. The summed E-state index contributed by atoms with van der Waals surface area (Å²) in [5.41, 5.74) is 6.30. The van der Waals surface area contributed by atoms with Gasteiger partial charge >= 0.3 is 0 Å². The molecule has 0 amide bonds. The van der Waals surface area contributed by atoms with Crippen LogP contribution in [0.4, 0.5) is 5.13 Å². The van der Waals surface area contributed by atoms with Crippen LogP contribution >= 0.6 is 11.3 Å². The summed E-state index contributed by atoms with van der Waals surface area (Å²) >= 11 is 1.41. The molecular weight excluding hydrogens is 198 g/mol. The van der Waals surface area contributed by atoms with Gasteiger partial charge < -0.3 is 5.73 Å².